The third-order valence-corrected chi connectivity index (χ3v) is 5.86. The molecule has 0 radical (unpaired) electrons. The van der Waals surface area contributed by atoms with Crippen molar-refractivity contribution in [2.24, 2.45) is 0 Å². The minimum absolute atomic E-state index is 0.136. The van der Waals surface area contributed by atoms with Gasteiger partial charge in [-0.05, 0) is 26.0 Å². The molecule has 1 aromatic carbocycles. The Kier molecular flexibility index (Phi) is 4.81. The zero-order valence-corrected chi connectivity index (χ0v) is 16.9. The summed E-state index contributed by atoms with van der Waals surface area (Å²) in [6.07, 6.45) is 1.97. The zero-order valence-electron chi connectivity index (χ0n) is 16.9. The molecule has 2 aliphatic rings. The summed E-state index contributed by atoms with van der Waals surface area (Å²) in [4.78, 5) is 19.0. The first-order chi connectivity index (χ1) is 14.2. The van der Waals surface area contributed by atoms with Gasteiger partial charge in [0.1, 0.15) is 18.0 Å². The molecule has 2 saturated heterocycles. The SMILES string of the molecule is C[C@@H]1OCCN(c2nc(N3CCOCC3)cc(-n3cnc4ccccc43)n2)[C@@H]1C. The van der Waals surface area contributed by atoms with E-state index in [-0.39, 0.29) is 12.1 Å². The molecule has 0 N–H and O–H groups in total. The lowest BCUT2D eigenvalue weighted by atomic mass is 10.1. The van der Waals surface area contributed by atoms with Gasteiger partial charge in [0, 0.05) is 25.7 Å². The van der Waals surface area contributed by atoms with E-state index in [1.807, 2.05) is 29.1 Å². The van der Waals surface area contributed by atoms with Crippen molar-refractivity contribution >= 4 is 22.8 Å². The molecule has 4 heterocycles. The molecular weight excluding hydrogens is 368 g/mol. The fourth-order valence-electron chi connectivity index (χ4n) is 3.97. The number of aromatic nitrogens is 4. The smallest absolute Gasteiger partial charge is 0.229 e. The van der Waals surface area contributed by atoms with Crippen LogP contribution < -0.4 is 9.80 Å². The van der Waals surface area contributed by atoms with Crippen molar-refractivity contribution in [3.05, 3.63) is 36.7 Å². The van der Waals surface area contributed by atoms with E-state index in [0.717, 1.165) is 48.3 Å². The number of morpholine rings is 2. The number of ether oxygens (including phenoxy) is 2. The summed E-state index contributed by atoms with van der Waals surface area (Å²) in [5.74, 6) is 2.50. The minimum Gasteiger partial charge on any atom is -0.378 e. The third-order valence-electron chi connectivity index (χ3n) is 5.86. The second-order valence-corrected chi connectivity index (χ2v) is 7.60. The Bertz CT molecular complexity index is 1000. The van der Waals surface area contributed by atoms with Crippen LogP contribution in [0.5, 0.6) is 0 Å². The van der Waals surface area contributed by atoms with Crippen molar-refractivity contribution in [1.29, 1.82) is 0 Å². The van der Waals surface area contributed by atoms with Gasteiger partial charge >= 0.3 is 0 Å². The summed E-state index contributed by atoms with van der Waals surface area (Å²) < 4.78 is 13.4. The number of para-hydroxylation sites is 2. The molecule has 5 rings (SSSR count). The maximum atomic E-state index is 5.81. The first kappa shape index (κ1) is 18.3. The van der Waals surface area contributed by atoms with Crippen molar-refractivity contribution in [3.63, 3.8) is 0 Å². The van der Waals surface area contributed by atoms with Gasteiger partial charge in [-0.15, -0.1) is 0 Å². The quantitative estimate of drug-likeness (QED) is 0.675. The molecular formula is C21H26N6O2. The van der Waals surface area contributed by atoms with E-state index in [0.29, 0.717) is 19.8 Å². The fraction of sp³-hybridized carbons (Fsp3) is 0.476. The Hall–Kier alpha value is -2.71. The zero-order chi connectivity index (χ0) is 19.8. The first-order valence-corrected chi connectivity index (χ1v) is 10.2. The highest BCUT2D eigenvalue weighted by Crippen LogP contribution is 2.26. The molecule has 2 aromatic heterocycles. The highest BCUT2D eigenvalue weighted by Gasteiger charge is 2.29. The lowest BCUT2D eigenvalue weighted by Gasteiger charge is -2.38. The van der Waals surface area contributed by atoms with Gasteiger partial charge in [-0.25, -0.2) is 4.98 Å². The average Bonchev–Trinajstić information content (AvgIpc) is 3.20. The standard InChI is InChI=1S/C21H26N6O2/c1-15-16(2)29-12-9-26(15)21-23-19(25-7-10-28-11-8-25)13-20(24-21)27-14-22-17-5-3-4-6-18(17)27/h3-6,13-16H,7-12H2,1-2H3/t15-,16+/m1/s1. The van der Waals surface area contributed by atoms with E-state index in [1.165, 1.54) is 0 Å². The number of anilines is 2. The number of imidazole rings is 1. The number of fused-ring (bicyclic) bond motifs is 1. The van der Waals surface area contributed by atoms with E-state index in [1.54, 1.807) is 0 Å². The van der Waals surface area contributed by atoms with E-state index in [9.17, 15) is 0 Å². The van der Waals surface area contributed by atoms with E-state index in [4.69, 9.17) is 19.4 Å². The predicted molar refractivity (Wildman–Crippen MR) is 112 cm³/mol. The molecule has 0 bridgehead atoms. The fourth-order valence-corrected chi connectivity index (χ4v) is 3.97. The predicted octanol–water partition coefficient (Wildman–Crippen LogP) is 2.27. The molecule has 2 atom stereocenters. The van der Waals surface area contributed by atoms with Gasteiger partial charge in [0.15, 0.2) is 0 Å². The van der Waals surface area contributed by atoms with Gasteiger partial charge in [-0.1, -0.05) is 12.1 Å². The largest absolute Gasteiger partial charge is 0.378 e. The second kappa shape index (κ2) is 7.61. The molecule has 2 aliphatic heterocycles. The summed E-state index contributed by atoms with van der Waals surface area (Å²) in [5.41, 5.74) is 1.99. The van der Waals surface area contributed by atoms with Crippen LogP contribution in [0.2, 0.25) is 0 Å². The second-order valence-electron chi connectivity index (χ2n) is 7.60. The Labute approximate surface area is 170 Å². The summed E-state index contributed by atoms with van der Waals surface area (Å²) >= 11 is 0. The number of hydrogen-bond acceptors (Lipinski definition) is 7. The van der Waals surface area contributed by atoms with Crippen molar-refractivity contribution in [2.75, 3.05) is 49.3 Å². The van der Waals surface area contributed by atoms with Crippen LogP contribution >= 0.6 is 0 Å². The van der Waals surface area contributed by atoms with Crippen molar-refractivity contribution < 1.29 is 9.47 Å². The third kappa shape index (κ3) is 3.42. The van der Waals surface area contributed by atoms with Crippen LogP contribution in [-0.4, -0.2) is 71.1 Å². The number of benzene rings is 1. The Morgan fingerprint density at radius 3 is 2.62 bits per heavy atom. The topological polar surface area (TPSA) is 68.5 Å². The molecule has 152 valence electrons. The lowest BCUT2D eigenvalue weighted by Crippen LogP contribution is -2.49. The van der Waals surface area contributed by atoms with Crippen LogP contribution in [0.25, 0.3) is 16.9 Å². The van der Waals surface area contributed by atoms with Gasteiger partial charge in [0.25, 0.3) is 0 Å². The van der Waals surface area contributed by atoms with Crippen molar-refractivity contribution in [1.82, 2.24) is 19.5 Å². The van der Waals surface area contributed by atoms with E-state index >= 15 is 0 Å². The normalized spacial score (nSPS) is 23.0. The molecule has 29 heavy (non-hydrogen) atoms. The molecule has 8 heteroatoms. The lowest BCUT2D eigenvalue weighted by molar-refractivity contribution is 0.0277. The van der Waals surface area contributed by atoms with E-state index in [2.05, 4.69) is 40.8 Å². The highest BCUT2D eigenvalue weighted by molar-refractivity contribution is 5.77. The number of nitrogens with zero attached hydrogens (tertiary/aromatic N) is 6. The van der Waals surface area contributed by atoms with Crippen LogP contribution in [0.1, 0.15) is 13.8 Å². The van der Waals surface area contributed by atoms with Crippen molar-refractivity contribution in [2.45, 2.75) is 26.0 Å². The highest BCUT2D eigenvalue weighted by atomic mass is 16.5. The van der Waals surface area contributed by atoms with Gasteiger partial charge in [-0.3, -0.25) is 4.57 Å². The van der Waals surface area contributed by atoms with Crippen LogP contribution in [0.4, 0.5) is 11.8 Å². The first-order valence-electron chi connectivity index (χ1n) is 10.2. The van der Waals surface area contributed by atoms with Crippen LogP contribution in [0.15, 0.2) is 36.7 Å². The number of rotatable bonds is 3. The van der Waals surface area contributed by atoms with Crippen LogP contribution in [0.3, 0.4) is 0 Å². The monoisotopic (exact) mass is 394 g/mol. The molecule has 0 spiro atoms. The Balaban J connectivity index is 1.62. The Morgan fingerprint density at radius 1 is 0.966 bits per heavy atom. The van der Waals surface area contributed by atoms with Gasteiger partial charge in [0.2, 0.25) is 5.95 Å². The van der Waals surface area contributed by atoms with Crippen LogP contribution in [-0.2, 0) is 9.47 Å². The Morgan fingerprint density at radius 2 is 1.76 bits per heavy atom. The van der Waals surface area contributed by atoms with E-state index < -0.39 is 0 Å². The van der Waals surface area contributed by atoms with Gasteiger partial charge < -0.3 is 19.3 Å². The maximum absolute atomic E-state index is 5.81. The van der Waals surface area contributed by atoms with Gasteiger partial charge in [0.05, 0.1) is 43.0 Å². The molecule has 0 unspecified atom stereocenters. The van der Waals surface area contributed by atoms with Gasteiger partial charge in [-0.2, -0.15) is 9.97 Å². The van der Waals surface area contributed by atoms with Crippen molar-refractivity contribution in [3.8, 4) is 5.82 Å². The minimum atomic E-state index is 0.136. The molecule has 0 aliphatic carbocycles. The maximum Gasteiger partial charge on any atom is 0.229 e. The van der Waals surface area contributed by atoms with Crippen LogP contribution in [0, 0.1) is 0 Å². The summed E-state index contributed by atoms with van der Waals surface area (Å²) in [5, 5.41) is 0. The molecule has 0 saturated carbocycles. The number of hydrogen-bond donors (Lipinski definition) is 0. The summed E-state index contributed by atoms with van der Waals surface area (Å²) in [6.45, 7) is 8.82. The molecule has 3 aromatic rings. The summed E-state index contributed by atoms with van der Waals surface area (Å²) in [6, 6.07) is 10.4. The average molecular weight is 394 g/mol. The molecule has 0 amide bonds. The molecule has 8 nitrogen and oxygen atoms in total. The molecule has 2 fully saturated rings. The summed E-state index contributed by atoms with van der Waals surface area (Å²) in [7, 11) is 0.